The molecule has 0 aliphatic heterocycles. The summed E-state index contributed by atoms with van der Waals surface area (Å²) in [6, 6.07) is 0. The first-order valence-electron chi connectivity index (χ1n) is 4.71. The molecule has 0 N–H and O–H groups in total. The van der Waals surface area contributed by atoms with Crippen LogP contribution in [0.25, 0.3) is 0 Å². The summed E-state index contributed by atoms with van der Waals surface area (Å²) in [5.74, 6) is -0.617. The van der Waals surface area contributed by atoms with E-state index in [2.05, 4.69) is 20.7 Å². The van der Waals surface area contributed by atoms with Crippen molar-refractivity contribution >= 4 is 41.6 Å². The summed E-state index contributed by atoms with van der Waals surface area (Å²) in [5, 5.41) is -0.895. The van der Waals surface area contributed by atoms with Crippen LogP contribution >= 0.6 is 26.6 Å². The highest BCUT2D eigenvalue weighted by molar-refractivity contribution is 9.12. The summed E-state index contributed by atoms with van der Waals surface area (Å²) in [6.07, 6.45) is 3.01. The molecule has 1 unspecified atom stereocenters. The van der Waals surface area contributed by atoms with Crippen molar-refractivity contribution in [1.29, 1.82) is 0 Å². The number of halogens is 2. The van der Waals surface area contributed by atoms with Gasteiger partial charge in [0.2, 0.25) is 9.05 Å². The Labute approximate surface area is 109 Å². The lowest BCUT2D eigenvalue weighted by Crippen LogP contribution is -2.17. The largest absolute Gasteiger partial charge is 0.466 e. The van der Waals surface area contributed by atoms with Crippen LogP contribution in [0.1, 0.15) is 26.2 Å². The van der Waals surface area contributed by atoms with Gasteiger partial charge in [-0.3, -0.25) is 0 Å². The first-order valence-corrected chi connectivity index (χ1v) is 7.88. The van der Waals surface area contributed by atoms with Gasteiger partial charge >= 0.3 is 5.97 Å². The van der Waals surface area contributed by atoms with Crippen molar-refractivity contribution in [3.05, 3.63) is 10.6 Å². The van der Waals surface area contributed by atoms with E-state index in [1.807, 2.05) is 6.92 Å². The molecule has 0 aliphatic carbocycles. The Morgan fingerprint density at radius 1 is 1.56 bits per heavy atom. The lowest BCUT2D eigenvalue weighted by Gasteiger charge is -2.12. The Balaban J connectivity index is 4.90. The molecule has 16 heavy (non-hydrogen) atoms. The number of carbonyl (C=O) groups is 1. The Bertz CT molecular complexity index is 364. The SMILES string of the molecule is CCCCC(/C(Br)=C/C(=O)OC)S(=O)(=O)Cl. The lowest BCUT2D eigenvalue weighted by atomic mass is 10.2. The third-order valence-corrected chi connectivity index (χ3v) is 4.82. The molecule has 1 atom stereocenters. The van der Waals surface area contributed by atoms with Crippen LogP contribution < -0.4 is 0 Å². The zero-order chi connectivity index (χ0) is 12.8. The number of rotatable bonds is 6. The first kappa shape index (κ1) is 15.9. The Morgan fingerprint density at radius 2 is 2.12 bits per heavy atom. The standard InChI is InChI=1S/C9H14BrClO4S/c1-3-4-5-8(16(11,13)14)7(10)6-9(12)15-2/h6,8H,3-5H2,1-2H3/b7-6-. The molecular formula is C9H14BrClO4S. The molecule has 0 saturated carbocycles. The molecule has 0 rings (SSSR count). The molecular weight excluding hydrogens is 320 g/mol. The number of hydrogen-bond donors (Lipinski definition) is 0. The van der Waals surface area contributed by atoms with Crippen LogP contribution in [0.15, 0.2) is 10.6 Å². The van der Waals surface area contributed by atoms with Crippen molar-refractivity contribution in [2.75, 3.05) is 7.11 Å². The smallest absolute Gasteiger partial charge is 0.331 e. The molecule has 0 heterocycles. The summed E-state index contributed by atoms with van der Waals surface area (Å²) in [7, 11) is 2.78. The highest BCUT2D eigenvalue weighted by Crippen LogP contribution is 2.26. The van der Waals surface area contributed by atoms with E-state index in [0.717, 1.165) is 12.5 Å². The molecule has 0 aliphatic rings. The van der Waals surface area contributed by atoms with Gasteiger partial charge in [0.25, 0.3) is 0 Å². The maximum atomic E-state index is 11.3. The van der Waals surface area contributed by atoms with Crippen molar-refractivity contribution < 1.29 is 17.9 Å². The fraction of sp³-hybridized carbons (Fsp3) is 0.667. The van der Waals surface area contributed by atoms with E-state index >= 15 is 0 Å². The molecule has 0 spiro atoms. The van der Waals surface area contributed by atoms with E-state index in [0.29, 0.717) is 12.8 Å². The van der Waals surface area contributed by atoms with Crippen LogP contribution in [0.5, 0.6) is 0 Å². The maximum absolute atomic E-state index is 11.3. The number of ether oxygens (including phenoxy) is 1. The summed E-state index contributed by atoms with van der Waals surface area (Å²) in [4.78, 5) is 11.0. The maximum Gasteiger partial charge on any atom is 0.331 e. The van der Waals surface area contributed by atoms with Gasteiger partial charge in [-0.15, -0.1) is 0 Å². The molecule has 94 valence electrons. The van der Waals surface area contributed by atoms with E-state index < -0.39 is 20.3 Å². The highest BCUT2D eigenvalue weighted by Gasteiger charge is 2.26. The fourth-order valence-electron chi connectivity index (χ4n) is 1.07. The zero-order valence-corrected chi connectivity index (χ0v) is 12.2. The third-order valence-electron chi connectivity index (χ3n) is 1.92. The van der Waals surface area contributed by atoms with E-state index in [-0.39, 0.29) is 4.48 Å². The summed E-state index contributed by atoms with van der Waals surface area (Å²) >= 11 is 3.05. The Hall–Kier alpha value is -0.0700. The van der Waals surface area contributed by atoms with E-state index in [1.54, 1.807) is 0 Å². The van der Waals surface area contributed by atoms with Crippen molar-refractivity contribution in [3.63, 3.8) is 0 Å². The van der Waals surface area contributed by atoms with Crippen LogP contribution in [-0.4, -0.2) is 26.7 Å². The normalized spacial score (nSPS) is 14.6. The number of unbranched alkanes of at least 4 members (excludes halogenated alkanes) is 1. The lowest BCUT2D eigenvalue weighted by molar-refractivity contribution is -0.134. The predicted molar refractivity (Wildman–Crippen MR) is 67.1 cm³/mol. The van der Waals surface area contributed by atoms with Gasteiger partial charge in [0.15, 0.2) is 0 Å². The third kappa shape index (κ3) is 5.86. The molecule has 0 saturated heterocycles. The average molecular weight is 334 g/mol. The van der Waals surface area contributed by atoms with Crippen LogP contribution in [0.2, 0.25) is 0 Å². The predicted octanol–water partition coefficient (Wildman–Crippen LogP) is 2.57. The van der Waals surface area contributed by atoms with Gasteiger partial charge in [0, 0.05) is 21.2 Å². The van der Waals surface area contributed by atoms with Crippen molar-refractivity contribution in [2.45, 2.75) is 31.4 Å². The fourth-order valence-corrected chi connectivity index (χ4v) is 3.88. The molecule has 0 amide bonds. The van der Waals surface area contributed by atoms with Crippen LogP contribution in [0, 0.1) is 0 Å². The topological polar surface area (TPSA) is 60.4 Å². The van der Waals surface area contributed by atoms with E-state index in [1.165, 1.54) is 7.11 Å². The minimum atomic E-state index is -3.74. The average Bonchev–Trinajstić information content (AvgIpc) is 2.16. The molecule has 0 aromatic heterocycles. The monoisotopic (exact) mass is 332 g/mol. The number of methoxy groups -OCH3 is 1. The Kier molecular flexibility index (Phi) is 7.26. The van der Waals surface area contributed by atoms with Gasteiger partial charge in [-0.05, 0) is 6.42 Å². The van der Waals surface area contributed by atoms with Crippen LogP contribution in [0.4, 0.5) is 0 Å². The highest BCUT2D eigenvalue weighted by atomic mass is 79.9. The number of esters is 1. The molecule has 0 aromatic rings. The second-order valence-electron chi connectivity index (χ2n) is 3.16. The van der Waals surface area contributed by atoms with Crippen molar-refractivity contribution in [1.82, 2.24) is 0 Å². The zero-order valence-electron chi connectivity index (χ0n) is 9.07. The molecule has 7 heteroatoms. The number of carbonyl (C=O) groups excluding carboxylic acids is 1. The number of hydrogen-bond acceptors (Lipinski definition) is 4. The van der Waals surface area contributed by atoms with Gasteiger partial charge in [-0.2, -0.15) is 0 Å². The Morgan fingerprint density at radius 3 is 2.50 bits per heavy atom. The van der Waals surface area contributed by atoms with Gasteiger partial charge in [0.05, 0.1) is 7.11 Å². The second-order valence-corrected chi connectivity index (χ2v) is 6.89. The van der Waals surface area contributed by atoms with Gasteiger partial charge in [-0.1, -0.05) is 35.7 Å². The quantitative estimate of drug-likeness (QED) is 0.426. The summed E-state index contributed by atoms with van der Waals surface area (Å²) in [6.45, 7) is 1.94. The first-order chi connectivity index (χ1) is 7.32. The molecule has 0 radical (unpaired) electrons. The molecule has 0 bridgehead atoms. The van der Waals surface area contributed by atoms with Crippen molar-refractivity contribution in [2.24, 2.45) is 0 Å². The summed E-state index contributed by atoms with van der Waals surface area (Å²) in [5.41, 5.74) is 0. The second kappa shape index (κ2) is 7.29. The van der Waals surface area contributed by atoms with Crippen LogP contribution in [0.3, 0.4) is 0 Å². The van der Waals surface area contributed by atoms with Crippen molar-refractivity contribution in [3.8, 4) is 0 Å². The van der Waals surface area contributed by atoms with E-state index in [4.69, 9.17) is 10.7 Å². The van der Waals surface area contributed by atoms with Gasteiger partial charge in [-0.25, -0.2) is 13.2 Å². The molecule has 4 nitrogen and oxygen atoms in total. The molecule has 0 aromatic carbocycles. The summed E-state index contributed by atoms with van der Waals surface area (Å²) < 4.78 is 27.2. The van der Waals surface area contributed by atoms with Crippen LogP contribution in [-0.2, 0) is 18.6 Å². The molecule has 0 fully saturated rings. The van der Waals surface area contributed by atoms with Gasteiger partial charge in [0.1, 0.15) is 5.25 Å². The minimum Gasteiger partial charge on any atom is -0.466 e. The minimum absolute atomic E-state index is 0.225. The van der Waals surface area contributed by atoms with E-state index in [9.17, 15) is 13.2 Å². The van der Waals surface area contributed by atoms with Gasteiger partial charge < -0.3 is 4.74 Å².